The second-order valence-electron chi connectivity index (χ2n) is 11.0. The number of benzene rings is 6. The zero-order valence-corrected chi connectivity index (χ0v) is 22.4. The molecule has 2 nitrogen and oxygen atoms in total. The first kappa shape index (κ1) is 22.6. The number of pyridine rings is 1. The second-order valence-corrected chi connectivity index (χ2v) is 11.0. The zero-order chi connectivity index (χ0) is 26.9. The molecule has 6 aromatic carbocycles. The van der Waals surface area contributed by atoms with E-state index in [9.17, 15) is 0 Å². The number of aromatic nitrogens is 1. The van der Waals surface area contributed by atoms with Crippen LogP contribution < -0.4 is 0 Å². The Bertz CT molecular complexity index is 2360. The number of hydrogen-bond donors (Lipinski definition) is 0. The molecular formula is C39H25NO. The van der Waals surface area contributed by atoms with Gasteiger partial charge in [0.25, 0.3) is 0 Å². The lowest BCUT2D eigenvalue weighted by molar-refractivity contribution is 0.547. The number of allylic oxidation sites excluding steroid dienone is 1. The van der Waals surface area contributed by atoms with Crippen molar-refractivity contribution >= 4 is 60.3 Å². The fourth-order valence-electron chi connectivity index (χ4n) is 6.84. The number of aryl methyl sites for hydroxylation is 1. The maximum absolute atomic E-state index is 6.42. The highest BCUT2D eigenvalue weighted by Gasteiger charge is 2.19. The van der Waals surface area contributed by atoms with Crippen LogP contribution in [0.1, 0.15) is 17.7 Å². The van der Waals surface area contributed by atoms with Gasteiger partial charge in [0.15, 0.2) is 0 Å². The molecule has 1 aliphatic rings. The van der Waals surface area contributed by atoms with E-state index < -0.39 is 0 Å². The van der Waals surface area contributed by atoms with Gasteiger partial charge in [-0.05, 0) is 39.6 Å². The van der Waals surface area contributed by atoms with Crippen molar-refractivity contribution in [1.82, 2.24) is 4.98 Å². The molecule has 0 amide bonds. The van der Waals surface area contributed by atoms with Crippen molar-refractivity contribution in [2.24, 2.45) is 0 Å². The van der Waals surface area contributed by atoms with Gasteiger partial charge < -0.3 is 4.42 Å². The number of nitrogens with zero attached hydrogens (tertiary/aromatic N) is 1. The van der Waals surface area contributed by atoms with Gasteiger partial charge in [-0.1, -0.05) is 121 Å². The van der Waals surface area contributed by atoms with Crippen LogP contribution in [0, 0.1) is 0 Å². The maximum atomic E-state index is 6.42. The summed E-state index contributed by atoms with van der Waals surface area (Å²) in [5.41, 5.74) is 7.62. The van der Waals surface area contributed by atoms with E-state index in [0.717, 1.165) is 52.1 Å². The molecule has 0 radical (unpaired) electrons. The fraction of sp³-hybridized carbons (Fsp3) is 0.0513. The Morgan fingerprint density at radius 2 is 1.17 bits per heavy atom. The SMILES string of the molecule is C1=Cc2c(oc3c(-c4ccc(-c5nc6ccccc6c6c7ccccc7c7ccccc7c56)cc4)cccc23)CC1. The van der Waals surface area contributed by atoms with Crippen molar-refractivity contribution in [2.45, 2.75) is 12.8 Å². The Balaban J connectivity index is 1.31. The third kappa shape index (κ3) is 3.28. The minimum Gasteiger partial charge on any atom is -0.460 e. The predicted molar refractivity (Wildman–Crippen MR) is 172 cm³/mol. The summed E-state index contributed by atoms with van der Waals surface area (Å²) in [5, 5.41) is 9.88. The zero-order valence-electron chi connectivity index (χ0n) is 22.4. The van der Waals surface area contributed by atoms with Gasteiger partial charge in [0.05, 0.1) is 11.2 Å². The summed E-state index contributed by atoms with van der Waals surface area (Å²) in [4.78, 5) is 5.30. The van der Waals surface area contributed by atoms with E-state index in [1.165, 1.54) is 48.7 Å². The summed E-state index contributed by atoms with van der Waals surface area (Å²) in [6, 6.07) is 41.4. The van der Waals surface area contributed by atoms with E-state index in [4.69, 9.17) is 9.40 Å². The summed E-state index contributed by atoms with van der Waals surface area (Å²) in [7, 11) is 0. The van der Waals surface area contributed by atoms with Gasteiger partial charge in [-0.25, -0.2) is 4.98 Å². The Kier molecular flexibility index (Phi) is 4.76. The highest BCUT2D eigenvalue weighted by molar-refractivity contribution is 6.33. The lowest BCUT2D eigenvalue weighted by Gasteiger charge is -2.16. The molecule has 2 heteroatoms. The van der Waals surface area contributed by atoms with Crippen LogP contribution in [0.3, 0.4) is 0 Å². The Hall–Kier alpha value is -5.21. The van der Waals surface area contributed by atoms with Gasteiger partial charge in [-0.3, -0.25) is 0 Å². The molecule has 0 N–H and O–H groups in total. The van der Waals surface area contributed by atoms with Crippen LogP contribution in [0.4, 0.5) is 0 Å². The number of furan rings is 1. The van der Waals surface area contributed by atoms with Crippen LogP contribution in [0.15, 0.2) is 126 Å². The molecule has 1 aliphatic carbocycles. The minimum atomic E-state index is 0.961. The van der Waals surface area contributed by atoms with Crippen LogP contribution in [0.5, 0.6) is 0 Å². The molecule has 0 unspecified atom stereocenters. The first-order valence-corrected chi connectivity index (χ1v) is 14.3. The molecule has 8 aromatic rings. The quantitative estimate of drug-likeness (QED) is 0.211. The normalized spacial score (nSPS) is 13.1. The summed E-state index contributed by atoms with van der Waals surface area (Å²) >= 11 is 0. The largest absolute Gasteiger partial charge is 0.460 e. The first-order chi connectivity index (χ1) is 20.3. The molecule has 0 saturated carbocycles. The van der Waals surface area contributed by atoms with Crippen molar-refractivity contribution < 1.29 is 4.42 Å². The van der Waals surface area contributed by atoms with Gasteiger partial charge in [0.1, 0.15) is 11.3 Å². The molecule has 0 atom stereocenters. The van der Waals surface area contributed by atoms with Crippen LogP contribution in [-0.2, 0) is 6.42 Å². The molecule has 192 valence electrons. The van der Waals surface area contributed by atoms with Gasteiger partial charge in [0.2, 0.25) is 0 Å². The van der Waals surface area contributed by atoms with E-state index in [0.29, 0.717) is 0 Å². The monoisotopic (exact) mass is 523 g/mol. The molecular weight excluding hydrogens is 498 g/mol. The molecule has 0 bridgehead atoms. The molecule has 41 heavy (non-hydrogen) atoms. The van der Waals surface area contributed by atoms with Crippen LogP contribution in [-0.4, -0.2) is 4.98 Å². The fourth-order valence-corrected chi connectivity index (χ4v) is 6.84. The number of para-hydroxylation sites is 2. The standard InChI is InChI=1S/C39H25NO/c1-3-13-30-27(10-1)28-11-2-4-14-31(28)37-36(30)33-15-5-7-18-34(33)40-38(37)25-22-20-24(21-23-25)26-16-9-17-32-29-12-6-8-19-35(29)41-39(26)32/h1-7,9-18,20-23H,8,19H2. The number of fused-ring (bicyclic) bond motifs is 11. The smallest absolute Gasteiger partial charge is 0.142 e. The first-order valence-electron chi connectivity index (χ1n) is 14.3. The minimum absolute atomic E-state index is 0.961. The lowest BCUT2D eigenvalue weighted by atomic mass is 9.89. The van der Waals surface area contributed by atoms with Crippen molar-refractivity contribution in [3.05, 3.63) is 133 Å². The average molecular weight is 524 g/mol. The second kappa shape index (κ2) is 8.64. The molecule has 2 aromatic heterocycles. The maximum Gasteiger partial charge on any atom is 0.142 e. The molecule has 9 rings (SSSR count). The summed E-state index contributed by atoms with van der Waals surface area (Å²) < 4.78 is 6.42. The van der Waals surface area contributed by atoms with Gasteiger partial charge >= 0.3 is 0 Å². The third-order valence-corrected chi connectivity index (χ3v) is 8.70. The topological polar surface area (TPSA) is 26.0 Å². The number of hydrogen-bond acceptors (Lipinski definition) is 2. The Morgan fingerprint density at radius 3 is 1.95 bits per heavy atom. The van der Waals surface area contributed by atoms with Gasteiger partial charge in [-0.2, -0.15) is 0 Å². The highest BCUT2D eigenvalue weighted by Crippen LogP contribution is 2.43. The predicted octanol–water partition coefficient (Wildman–Crippen LogP) is 10.7. The van der Waals surface area contributed by atoms with E-state index in [-0.39, 0.29) is 0 Å². The van der Waals surface area contributed by atoms with E-state index in [1.54, 1.807) is 0 Å². The van der Waals surface area contributed by atoms with Crippen molar-refractivity contribution in [3.8, 4) is 22.4 Å². The molecule has 2 heterocycles. The van der Waals surface area contributed by atoms with Gasteiger partial charge in [-0.15, -0.1) is 0 Å². The summed E-state index contributed by atoms with van der Waals surface area (Å²) in [6.07, 6.45) is 6.45. The average Bonchev–Trinajstić information content (AvgIpc) is 3.43. The van der Waals surface area contributed by atoms with Crippen LogP contribution >= 0.6 is 0 Å². The summed E-state index contributed by atoms with van der Waals surface area (Å²) in [5.74, 6) is 1.09. The van der Waals surface area contributed by atoms with Crippen LogP contribution in [0.2, 0.25) is 0 Å². The summed E-state index contributed by atoms with van der Waals surface area (Å²) in [6.45, 7) is 0. The van der Waals surface area contributed by atoms with E-state index >= 15 is 0 Å². The molecule has 0 fully saturated rings. The molecule has 0 saturated heterocycles. The highest BCUT2D eigenvalue weighted by atomic mass is 16.3. The van der Waals surface area contributed by atoms with Crippen molar-refractivity contribution in [2.75, 3.05) is 0 Å². The van der Waals surface area contributed by atoms with Crippen LogP contribution in [0.25, 0.3) is 82.6 Å². The number of rotatable bonds is 2. The van der Waals surface area contributed by atoms with E-state index in [2.05, 4.69) is 127 Å². The third-order valence-electron chi connectivity index (χ3n) is 8.70. The Morgan fingerprint density at radius 1 is 0.537 bits per heavy atom. The molecule has 0 aliphatic heterocycles. The lowest BCUT2D eigenvalue weighted by Crippen LogP contribution is -1.93. The van der Waals surface area contributed by atoms with Crippen molar-refractivity contribution in [1.29, 1.82) is 0 Å². The Labute approximate surface area is 237 Å². The molecule has 0 spiro atoms. The van der Waals surface area contributed by atoms with Crippen molar-refractivity contribution in [3.63, 3.8) is 0 Å². The van der Waals surface area contributed by atoms with Gasteiger partial charge in [0, 0.05) is 44.7 Å². The van der Waals surface area contributed by atoms with E-state index in [1.807, 2.05) is 0 Å².